The maximum atomic E-state index is 12.5. The Labute approximate surface area is 175 Å². The second-order valence-corrected chi connectivity index (χ2v) is 7.64. The van der Waals surface area contributed by atoms with Gasteiger partial charge < -0.3 is 19.4 Å². The molecule has 0 unspecified atom stereocenters. The summed E-state index contributed by atoms with van der Waals surface area (Å²) < 4.78 is 13.3. The summed E-state index contributed by atoms with van der Waals surface area (Å²) in [6.45, 7) is 3.08. The number of aromatic nitrogens is 1. The number of carbonyl (C=O) groups is 1. The molecule has 1 amide bonds. The van der Waals surface area contributed by atoms with E-state index in [0.29, 0.717) is 17.9 Å². The summed E-state index contributed by atoms with van der Waals surface area (Å²) in [6, 6.07) is 18.9. The van der Waals surface area contributed by atoms with Crippen molar-refractivity contribution in [3.63, 3.8) is 0 Å². The quantitative estimate of drug-likeness (QED) is 0.505. The SMILES string of the molecule is CCn1c2ccccc2c2cc([C@H]3CC(=O)Nc4cc(OC)c(OC)cc43)ccc21. The van der Waals surface area contributed by atoms with Crippen molar-refractivity contribution in [3.05, 3.63) is 65.7 Å². The van der Waals surface area contributed by atoms with Crippen molar-refractivity contribution in [2.24, 2.45) is 0 Å². The summed E-state index contributed by atoms with van der Waals surface area (Å²) in [5.41, 5.74) is 5.41. The average molecular weight is 400 g/mol. The fourth-order valence-corrected chi connectivity index (χ4v) is 4.71. The lowest BCUT2D eigenvalue weighted by atomic mass is 9.84. The van der Waals surface area contributed by atoms with E-state index in [1.54, 1.807) is 14.2 Å². The van der Waals surface area contributed by atoms with Crippen LogP contribution in [-0.2, 0) is 11.3 Å². The first-order valence-corrected chi connectivity index (χ1v) is 10.2. The van der Waals surface area contributed by atoms with Crippen molar-refractivity contribution in [2.45, 2.75) is 25.8 Å². The highest BCUT2D eigenvalue weighted by atomic mass is 16.5. The van der Waals surface area contributed by atoms with Crippen LogP contribution in [0, 0.1) is 0 Å². The molecule has 5 heteroatoms. The van der Waals surface area contributed by atoms with Gasteiger partial charge in [-0.15, -0.1) is 0 Å². The van der Waals surface area contributed by atoms with Gasteiger partial charge in [-0.3, -0.25) is 4.79 Å². The Hall–Kier alpha value is -3.47. The largest absolute Gasteiger partial charge is 0.493 e. The van der Waals surface area contributed by atoms with Gasteiger partial charge in [-0.25, -0.2) is 0 Å². The Morgan fingerprint density at radius 1 is 0.967 bits per heavy atom. The van der Waals surface area contributed by atoms with E-state index in [-0.39, 0.29) is 11.8 Å². The molecule has 1 aliphatic rings. The fourth-order valence-electron chi connectivity index (χ4n) is 4.71. The van der Waals surface area contributed by atoms with Gasteiger partial charge in [-0.05, 0) is 42.3 Å². The van der Waals surface area contributed by atoms with Gasteiger partial charge in [0.05, 0.1) is 14.2 Å². The number of nitrogens with zero attached hydrogens (tertiary/aromatic N) is 1. The van der Waals surface area contributed by atoms with Gasteiger partial charge in [0, 0.05) is 52.4 Å². The Morgan fingerprint density at radius 2 is 1.70 bits per heavy atom. The number of ether oxygens (including phenoxy) is 2. The molecule has 0 aliphatic carbocycles. The Kier molecular flexibility index (Phi) is 4.39. The van der Waals surface area contributed by atoms with Crippen LogP contribution in [0.25, 0.3) is 21.8 Å². The van der Waals surface area contributed by atoms with Crippen LogP contribution in [0.5, 0.6) is 11.5 Å². The normalized spacial score (nSPS) is 15.8. The fraction of sp³-hybridized carbons (Fsp3) is 0.240. The lowest BCUT2D eigenvalue weighted by Gasteiger charge is -2.27. The van der Waals surface area contributed by atoms with Crippen LogP contribution in [-0.4, -0.2) is 24.7 Å². The molecule has 1 aliphatic heterocycles. The van der Waals surface area contributed by atoms with Crippen LogP contribution in [0.15, 0.2) is 54.6 Å². The van der Waals surface area contributed by atoms with Crippen LogP contribution in [0.4, 0.5) is 5.69 Å². The minimum atomic E-state index is -0.0401. The zero-order valence-corrected chi connectivity index (χ0v) is 17.4. The van der Waals surface area contributed by atoms with Gasteiger partial charge in [-0.2, -0.15) is 0 Å². The summed E-state index contributed by atoms with van der Waals surface area (Å²) in [5, 5.41) is 5.45. The minimum Gasteiger partial charge on any atom is -0.493 e. The van der Waals surface area contributed by atoms with Crippen molar-refractivity contribution in [3.8, 4) is 11.5 Å². The molecule has 1 N–H and O–H groups in total. The second kappa shape index (κ2) is 7.10. The number of nitrogens with one attached hydrogen (secondary N) is 1. The molecule has 4 aromatic rings. The third-order valence-electron chi connectivity index (χ3n) is 6.11. The topological polar surface area (TPSA) is 52.5 Å². The summed E-state index contributed by atoms with van der Waals surface area (Å²) in [4.78, 5) is 12.5. The molecule has 2 heterocycles. The Morgan fingerprint density at radius 3 is 2.47 bits per heavy atom. The highest BCUT2D eigenvalue weighted by Crippen LogP contribution is 2.44. The second-order valence-electron chi connectivity index (χ2n) is 7.64. The molecule has 0 bridgehead atoms. The van der Waals surface area contributed by atoms with Crippen LogP contribution in [0.2, 0.25) is 0 Å². The van der Waals surface area contributed by atoms with Crippen LogP contribution >= 0.6 is 0 Å². The van der Waals surface area contributed by atoms with Crippen molar-refractivity contribution in [1.29, 1.82) is 0 Å². The molecular formula is C25H24N2O3. The molecular weight excluding hydrogens is 376 g/mol. The highest BCUT2D eigenvalue weighted by molar-refractivity contribution is 6.08. The predicted molar refractivity (Wildman–Crippen MR) is 120 cm³/mol. The number of para-hydroxylation sites is 1. The van der Waals surface area contributed by atoms with E-state index >= 15 is 0 Å². The third-order valence-corrected chi connectivity index (χ3v) is 6.11. The zero-order chi connectivity index (χ0) is 20.8. The lowest BCUT2D eigenvalue weighted by molar-refractivity contribution is -0.116. The molecule has 1 aromatic heterocycles. The molecule has 1 atom stereocenters. The standard InChI is InChI=1S/C25H24N2O3/c1-4-27-21-8-6-5-7-16(21)19-11-15(9-10-22(19)27)17-13-25(28)26-20-14-24(30-3)23(29-2)12-18(17)20/h5-12,14,17H,4,13H2,1-3H3,(H,26,28)/t17-/m1/s1. The van der Waals surface area contributed by atoms with E-state index in [1.807, 2.05) is 12.1 Å². The molecule has 3 aromatic carbocycles. The van der Waals surface area contributed by atoms with Gasteiger partial charge in [0.15, 0.2) is 11.5 Å². The molecule has 5 rings (SSSR count). The maximum absolute atomic E-state index is 12.5. The lowest BCUT2D eigenvalue weighted by Crippen LogP contribution is -2.23. The van der Waals surface area contributed by atoms with E-state index in [2.05, 4.69) is 59.3 Å². The first-order chi connectivity index (χ1) is 14.6. The first kappa shape index (κ1) is 18.6. The van der Waals surface area contributed by atoms with Gasteiger partial charge in [0.2, 0.25) is 5.91 Å². The molecule has 0 saturated heterocycles. The summed E-state index contributed by atoms with van der Waals surface area (Å²) in [6.07, 6.45) is 0.403. The van der Waals surface area contributed by atoms with Crippen molar-refractivity contribution in [2.75, 3.05) is 19.5 Å². The number of amides is 1. The number of fused-ring (bicyclic) bond motifs is 4. The third kappa shape index (κ3) is 2.73. The summed E-state index contributed by atoms with van der Waals surface area (Å²) in [7, 11) is 3.23. The van der Waals surface area contributed by atoms with E-state index in [9.17, 15) is 4.79 Å². The number of carbonyl (C=O) groups excluding carboxylic acids is 1. The van der Waals surface area contributed by atoms with Crippen molar-refractivity contribution < 1.29 is 14.3 Å². The van der Waals surface area contributed by atoms with Crippen LogP contribution < -0.4 is 14.8 Å². The molecule has 30 heavy (non-hydrogen) atoms. The first-order valence-electron chi connectivity index (χ1n) is 10.2. The number of anilines is 1. The molecule has 152 valence electrons. The Bertz CT molecular complexity index is 1290. The van der Waals surface area contributed by atoms with Crippen LogP contribution in [0.3, 0.4) is 0 Å². The van der Waals surface area contributed by atoms with Gasteiger partial charge >= 0.3 is 0 Å². The minimum absolute atomic E-state index is 0.0100. The molecule has 0 radical (unpaired) electrons. The monoisotopic (exact) mass is 400 g/mol. The number of hydrogen-bond acceptors (Lipinski definition) is 3. The van der Waals surface area contributed by atoms with E-state index < -0.39 is 0 Å². The van der Waals surface area contributed by atoms with Crippen molar-refractivity contribution >= 4 is 33.4 Å². The molecule has 0 fully saturated rings. The summed E-state index contributed by atoms with van der Waals surface area (Å²) >= 11 is 0. The molecule has 0 spiro atoms. The van der Waals surface area contributed by atoms with Gasteiger partial charge in [0.25, 0.3) is 0 Å². The predicted octanol–water partition coefficient (Wildman–Crippen LogP) is 5.31. The van der Waals surface area contributed by atoms with Crippen molar-refractivity contribution in [1.82, 2.24) is 4.57 Å². The zero-order valence-electron chi connectivity index (χ0n) is 17.4. The van der Waals surface area contributed by atoms with E-state index in [1.165, 1.54) is 21.8 Å². The molecule has 5 nitrogen and oxygen atoms in total. The Balaban J connectivity index is 1.71. The van der Waals surface area contributed by atoms with Gasteiger partial charge in [0.1, 0.15) is 0 Å². The highest BCUT2D eigenvalue weighted by Gasteiger charge is 2.29. The van der Waals surface area contributed by atoms with Gasteiger partial charge in [-0.1, -0.05) is 24.3 Å². The number of rotatable bonds is 4. The number of hydrogen-bond donors (Lipinski definition) is 1. The maximum Gasteiger partial charge on any atom is 0.225 e. The average Bonchev–Trinajstić information content (AvgIpc) is 3.10. The van der Waals surface area contributed by atoms with Crippen LogP contribution in [0.1, 0.15) is 30.4 Å². The number of benzene rings is 3. The number of methoxy groups -OCH3 is 2. The summed E-state index contributed by atoms with van der Waals surface area (Å²) in [5.74, 6) is 1.25. The molecule has 0 saturated carbocycles. The smallest absolute Gasteiger partial charge is 0.225 e. The van der Waals surface area contributed by atoms with E-state index in [0.717, 1.165) is 23.4 Å². The van der Waals surface area contributed by atoms with E-state index in [4.69, 9.17) is 9.47 Å². The number of aryl methyl sites for hydroxylation is 1.